The number of rotatable bonds is 8. The maximum absolute atomic E-state index is 12.7. The van der Waals surface area contributed by atoms with Crippen LogP contribution in [0.2, 0.25) is 5.02 Å². The van der Waals surface area contributed by atoms with Crippen LogP contribution in [0.5, 0.6) is 0 Å². The average Bonchev–Trinajstić information content (AvgIpc) is 3.20. The van der Waals surface area contributed by atoms with Gasteiger partial charge in [0.2, 0.25) is 5.89 Å². The van der Waals surface area contributed by atoms with Gasteiger partial charge in [0.25, 0.3) is 5.91 Å². The third-order valence-corrected chi connectivity index (χ3v) is 7.04. The number of carbonyl (C=O) groups is 1. The van der Waals surface area contributed by atoms with Crippen molar-refractivity contribution < 1.29 is 13.4 Å². The van der Waals surface area contributed by atoms with Crippen LogP contribution in [0, 0.1) is 13.8 Å². The zero-order valence-electron chi connectivity index (χ0n) is 19.0. The molecule has 7 heteroatoms. The van der Waals surface area contributed by atoms with Crippen molar-refractivity contribution in [1.82, 2.24) is 10.3 Å². The molecule has 34 heavy (non-hydrogen) atoms. The van der Waals surface area contributed by atoms with Crippen molar-refractivity contribution in [2.24, 2.45) is 0 Å². The van der Waals surface area contributed by atoms with E-state index in [1.165, 1.54) is 0 Å². The highest BCUT2D eigenvalue weighted by atomic mass is 35.5. The molecule has 1 amide bonds. The predicted molar refractivity (Wildman–Crippen MR) is 135 cm³/mol. The summed E-state index contributed by atoms with van der Waals surface area (Å²) in [6, 6.07) is 22.3. The normalized spacial score (nSPS) is 11.9. The molecule has 1 atom stereocenters. The third-order valence-electron chi connectivity index (χ3n) is 5.45. The molecule has 1 heterocycles. The van der Waals surface area contributed by atoms with E-state index in [0.717, 1.165) is 28.0 Å². The number of hydrogen-bond acceptors (Lipinski definition) is 4. The third kappa shape index (κ3) is 6.01. The lowest BCUT2D eigenvalue weighted by atomic mass is 10.1. The van der Waals surface area contributed by atoms with Crippen molar-refractivity contribution in [2.45, 2.75) is 30.9 Å². The lowest BCUT2D eigenvalue weighted by Crippen LogP contribution is -2.25. The maximum Gasteiger partial charge on any atom is 0.251 e. The van der Waals surface area contributed by atoms with Crippen molar-refractivity contribution in [3.63, 3.8) is 0 Å². The van der Waals surface area contributed by atoms with Crippen LogP contribution in [-0.4, -0.2) is 21.6 Å². The van der Waals surface area contributed by atoms with Gasteiger partial charge in [0.15, 0.2) is 0 Å². The Balaban J connectivity index is 1.36. The number of nitrogens with zero attached hydrogens (tertiary/aromatic N) is 1. The van der Waals surface area contributed by atoms with Gasteiger partial charge in [0.05, 0.1) is 22.2 Å². The minimum atomic E-state index is -1.21. The number of aromatic nitrogens is 1. The first-order valence-corrected chi connectivity index (χ1v) is 12.6. The highest BCUT2D eigenvalue weighted by Gasteiger charge is 2.16. The summed E-state index contributed by atoms with van der Waals surface area (Å²) in [5.74, 6) is 1.23. The van der Waals surface area contributed by atoms with Crippen molar-refractivity contribution in [3.8, 4) is 11.5 Å². The molecule has 0 aliphatic carbocycles. The summed E-state index contributed by atoms with van der Waals surface area (Å²) in [5, 5.41) is 3.63. The van der Waals surface area contributed by atoms with Gasteiger partial charge in [-0.3, -0.25) is 9.00 Å². The second-order valence-corrected chi connectivity index (χ2v) is 9.92. The maximum atomic E-state index is 12.7. The van der Waals surface area contributed by atoms with E-state index in [9.17, 15) is 9.00 Å². The fourth-order valence-corrected chi connectivity index (χ4v) is 4.67. The largest absolute Gasteiger partial charge is 0.441 e. The minimum absolute atomic E-state index is 0.140. The molecule has 174 valence electrons. The van der Waals surface area contributed by atoms with Crippen molar-refractivity contribution in [3.05, 3.63) is 106 Å². The summed E-state index contributed by atoms with van der Waals surface area (Å²) >= 11 is 5.90. The lowest BCUT2D eigenvalue weighted by molar-refractivity contribution is 0.0954. The Hall–Kier alpha value is -3.22. The average molecular weight is 493 g/mol. The monoisotopic (exact) mass is 492 g/mol. The van der Waals surface area contributed by atoms with E-state index in [1.54, 1.807) is 24.3 Å². The second kappa shape index (κ2) is 10.8. The molecular formula is C27H25ClN2O3S. The summed E-state index contributed by atoms with van der Waals surface area (Å²) in [4.78, 5) is 17.8. The number of amides is 1. The molecule has 4 aromatic rings. The Kier molecular flexibility index (Phi) is 7.60. The molecule has 1 N–H and O–H groups in total. The van der Waals surface area contributed by atoms with E-state index in [-0.39, 0.29) is 11.7 Å². The molecule has 1 aromatic heterocycles. The molecule has 0 aliphatic heterocycles. The van der Waals surface area contributed by atoms with Gasteiger partial charge in [-0.25, -0.2) is 4.98 Å². The van der Waals surface area contributed by atoms with E-state index >= 15 is 0 Å². The molecular weight excluding hydrogens is 468 g/mol. The van der Waals surface area contributed by atoms with Crippen molar-refractivity contribution in [1.29, 1.82) is 0 Å². The van der Waals surface area contributed by atoms with E-state index < -0.39 is 10.8 Å². The first-order chi connectivity index (χ1) is 16.4. The van der Waals surface area contributed by atoms with Crippen LogP contribution in [0.15, 0.2) is 82.1 Å². The molecule has 0 bridgehead atoms. The predicted octanol–water partition coefficient (Wildman–Crippen LogP) is 5.89. The Bertz CT molecular complexity index is 1300. The topological polar surface area (TPSA) is 72.2 Å². The molecule has 3 aromatic carbocycles. The molecule has 5 nitrogen and oxygen atoms in total. The standard InChI is InChI=1S/C27H25ClN2O3S/c1-18-3-13-24(14-4-18)34(32)17-25-19(2)33-27(30-25)22-9-7-21(8-10-22)26(31)29-16-15-20-5-11-23(28)12-6-20/h3-14H,15-17H2,1-2H3,(H,29,31)/t34-/m0/s1. The van der Waals surface area contributed by atoms with Gasteiger partial charge in [0, 0.05) is 27.6 Å². The smallest absolute Gasteiger partial charge is 0.251 e. The molecule has 0 aliphatic rings. The van der Waals surface area contributed by atoms with Crippen LogP contribution < -0.4 is 5.32 Å². The Morgan fingerprint density at radius 1 is 0.971 bits per heavy atom. The summed E-state index contributed by atoms with van der Waals surface area (Å²) in [6.45, 7) is 4.35. The van der Waals surface area contributed by atoms with Gasteiger partial charge in [-0.2, -0.15) is 0 Å². The number of benzene rings is 3. The van der Waals surface area contributed by atoms with E-state index in [2.05, 4.69) is 10.3 Å². The van der Waals surface area contributed by atoms with Gasteiger partial charge >= 0.3 is 0 Å². The van der Waals surface area contributed by atoms with Crippen LogP contribution in [0.4, 0.5) is 0 Å². The fourth-order valence-electron chi connectivity index (χ4n) is 3.42. The number of halogens is 1. The zero-order valence-corrected chi connectivity index (χ0v) is 20.6. The quantitative estimate of drug-likeness (QED) is 0.333. The highest BCUT2D eigenvalue weighted by molar-refractivity contribution is 7.84. The van der Waals surface area contributed by atoms with Crippen LogP contribution in [0.3, 0.4) is 0 Å². The fraction of sp³-hybridized carbons (Fsp3) is 0.185. The van der Waals surface area contributed by atoms with Crippen molar-refractivity contribution >= 4 is 28.3 Å². The number of nitrogens with one attached hydrogen (secondary N) is 1. The first kappa shape index (κ1) is 23.9. The Morgan fingerprint density at radius 3 is 2.32 bits per heavy atom. The first-order valence-electron chi connectivity index (χ1n) is 10.9. The Labute approximate surface area is 206 Å². The number of aryl methyl sites for hydroxylation is 2. The van der Waals surface area contributed by atoms with Gasteiger partial charge in [-0.15, -0.1) is 0 Å². The zero-order chi connectivity index (χ0) is 24.1. The van der Waals surface area contributed by atoms with Crippen LogP contribution in [-0.2, 0) is 23.0 Å². The number of carbonyl (C=O) groups excluding carboxylic acids is 1. The van der Waals surface area contributed by atoms with E-state index in [1.807, 2.05) is 62.4 Å². The lowest BCUT2D eigenvalue weighted by Gasteiger charge is -2.06. The minimum Gasteiger partial charge on any atom is -0.441 e. The molecule has 4 rings (SSSR count). The number of oxazole rings is 1. The van der Waals surface area contributed by atoms with Crippen LogP contribution in [0.1, 0.15) is 32.9 Å². The molecule has 0 fully saturated rings. The highest BCUT2D eigenvalue weighted by Crippen LogP contribution is 2.24. The second-order valence-electron chi connectivity index (χ2n) is 8.03. The molecule has 0 saturated carbocycles. The van der Waals surface area contributed by atoms with Gasteiger partial charge in [-0.1, -0.05) is 41.4 Å². The molecule has 0 saturated heterocycles. The van der Waals surface area contributed by atoms with Gasteiger partial charge < -0.3 is 9.73 Å². The van der Waals surface area contributed by atoms with Gasteiger partial charge in [0.1, 0.15) is 5.76 Å². The molecule has 0 radical (unpaired) electrons. The van der Waals surface area contributed by atoms with E-state index in [4.69, 9.17) is 16.0 Å². The Morgan fingerprint density at radius 2 is 1.65 bits per heavy atom. The molecule has 0 unspecified atom stereocenters. The summed E-state index contributed by atoms with van der Waals surface area (Å²) < 4.78 is 18.5. The SMILES string of the molecule is Cc1ccc([S@@](=O)Cc2nc(-c3ccc(C(=O)NCCc4ccc(Cl)cc4)cc3)oc2C)cc1. The summed E-state index contributed by atoms with van der Waals surface area (Å²) in [6.07, 6.45) is 0.726. The van der Waals surface area contributed by atoms with Crippen molar-refractivity contribution in [2.75, 3.05) is 6.54 Å². The summed E-state index contributed by atoms with van der Waals surface area (Å²) in [7, 11) is -1.21. The van der Waals surface area contributed by atoms with Crippen LogP contribution in [0.25, 0.3) is 11.5 Å². The summed E-state index contributed by atoms with van der Waals surface area (Å²) in [5.41, 5.74) is 4.22. The number of hydrogen-bond donors (Lipinski definition) is 1. The molecule has 0 spiro atoms. The van der Waals surface area contributed by atoms with Crippen LogP contribution >= 0.6 is 11.6 Å². The van der Waals surface area contributed by atoms with E-state index in [0.29, 0.717) is 34.5 Å². The van der Waals surface area contributed by atoms with Gasteiger partial charge in [-0.05, 0) is 74.4 Å².